The number of aromatic nitrogens is 2. The van der Waals surface area contributed by atoms with Gasteiger partial charge in [-0.2, -0.15) is 0 Å². The van der Waals surface area contributed by atoms with Gasteiger partial charge in [-0.25, -0.2) is 4.39 Å². The lowest BCUT2D eigenvalue weighted by Gasteiger charge is -2.01. The zero-order valence-electron chi connectivity index (χ0n) is 9.24. The van der Waals surface area contributed by atoms with Gasteiger partial charge in [0.25, 0.3) is 0 Å². The minimum Gasteiger partial charge on any atom is -0.506 e. The van der Waals surface area contributed by atoms with Crippen molar-refractivity contribution >= 4 is 22.9 Å². The highest BCUT2D eigenvalue weighted by atomic mass is 35.5. The van der Waals surface area contributed by atoms with Crippen LogP contribution in [-0.2, 0) is 0 Å². The van der Waals surface area contributed by atoms with E-state index < -0.39 is 5.82 Å². The van der Waals surface area contributed by atoms with Crippen molar-refractivity contribution in [2.75, 3.05) is 0 Å². The molecule has 0 saturated carbocycles. The molecular weight excluding hydrogens is 263 g/mol. The minimum atomic E-state index is -0.557. The molecule has 17 heavy (non-hydrogen) atoms. The normalized spacial score (nSPS) is 11.1. The van der Waals surface area contributed by atoms with Gasteiger partial charge >= 0.3 is 0 Å². The molecule has 1 aromatic carbocycles. The average Bonchev–Trinajstić information content (AvgIpc) is 2.72. The van der Waals surface area contributed by atoms with Gasteiger partial charge in [0.2, 0.25) is 0 Å². The Balaban J connectivity index is 2.49. The summed E-state index contributed by atoms with van der Waals surface area (Å²) in [5.41, 5.74) is 0.261. The molecule has 1 heterocycles. The van der Waals surface area contributed by atoms with Crippen LogP contribution < -0.4 is 0 Å². The number of hydrogen-bond acceptors (Lipinski definition) is 4. The van der Waals surface area contributed by atoms with E-state index in [1.54, 1.807) is 0 Å². The van der Waals surface area contributed by atoms with Crippen molar-refractivity contribution in [1.29, 1.82) is 0 Å². The van der Waals surface area contributed by atoms with Crippen LogP contribution in [0.5, 0.6) is 5.75 Å². The van der Waals surface area contributed by atoms with Gasteiger partial charge in [-0.3, -0.25) is 0 Å². The Bertz CT molecular complexity index is 556. The zero-order valence-corrected chi connectivity index (χ0v) is 10.8. The molecule has 90 valence electrons. The third-order valence-corrected chi connectivity index (χ3v) is 3.76. The van der Waals surface area contributed by atoms with Gasteiger partial charge in [0, 0.05) is 17.5 Å². The average molecular weight is 273 g/mol. The molecule has 0 atom stereocenters. The lowest BCUT2D eigenvalue weighted by atomic mass is 10.2. The maximum Gasteiger partial charge on any atom is 0.150 e. The molecule has 0 bridgehead atoms. The van der Waals surface area contributed by atoms with Gasteiger partial charge in [0.1, 0.15) is 16.6 Å². The Morgan fingerprint density at radius 3 is 2.65 bits per heavy atom. The summed E-state index contributed by atoms with van der Waals surface area (Å²) in [5, 5.41) is 18.6. The van der Waals surface area contributed by atoms with Crippen LogP contribution >= 0.6 is 22.9 Å². The largest absolute Gasteiger partial charge is 0.506 e. The number of phenols is 1. The molecule has 0 amide bonds. The molecule has 0 spiro atoms. The first-order valence-corrected chi connectivity index (χ1v) is 6.20. The first kappa shape index (κ1) is 12.3. The van der Waals surface area contributed by atoms with E-state index in [-0.39, 0.29) is 22.3 Å². The number of halogens is 2. The van der Waals surface area contributed by atoms with Crippen molar-refractivity contribution in [3.8, 4) is 16.3 Å². The smallest absolute Gasteiger partial charge is 0.150 e. The predicted molar refractivity (Wildman–Crippen MR) is 66.1 cm³/mol. The van der Waals surface area contributed by atoms with Crippen molar-refractivity contribution in [3.63, 3.8) is 0 Å². The molecular formula is C11H10ClFN2OS. The summed E-state index contributed by atoms with van der Waals surface area (Å²) in [4.78, 5) is 0. The summed E-state index contributed by atoms with van der Waals surface area (Å²) in [6, 6.07) is 2.34. The Hall–Kier alpha value is -1.20. The Labute approximate surface area is 107 Å². The molecule has 0 aliphatic rings. The molecule has 3 nitrogen and oxygen atoms in total. The summed E-state index contributed by atoms with van der Waals surface area (Å²) < 4.78 is 13.6. The maximum absolute atomic E-state index is 13.6. The van der Waals surface area contributed by atoms with Crippen LogP contribution in [0.2, 0.25) is 5.02 Å². The molecule has 1 N–H and O–H groups in total. The van der Waals surface area contributed by atoms with E-state index in [0.717, 1.165) is 11.1 Å². The molecule has 0 aliphatic heterocycles. The highest BCUT2D eigenvalue weighted by molar-refractivity contribution is 7.14. The summed E-state index contributed by atoms with van der Waals surface area (Å²) in [5.74, 6) is -0.586. The topological polar surface area (TPSA) is 46.0 Å². The SMILES string of the molecule is CC(C)c1nnc(-c2cc(Cl)c(O)cc2F)s1. The highest BCUT2D eigenvalue weighted by Crippen LogP contribution is 2.34. The van der Waals surface area contributed by atoms with Gasteiger partial charge in [-0.15, -0.1) is 10.2 Å². The lowest BCUT2D eigenvalue weighted by molar-refractivity contribution is 0.469. The number of aromatic hydroxyl groups is 1. The molecule has 6 heteroatoms. The molecule has 2 rings (SSSR count). The van der Waals surface area contributed by atoms with Crippen molar-refractivity contribution in [2.24, 2.45) is 0 Å². The van der Waals surface area contributed by atoms with Crippen LogP contribution in [0.3, 0.4) is 0 Å². The zero-order chi connectivity index (χ0) is 12.6. The monoisotopic (exact) mass is 272 g/mol. The number of phenolic OH excluding ortho intramolecular Hbond substituents is 1. The van der Waals surface area contributed by atoms with E-state index in [0.29, 0.717) is 5.01 Å². The Morgan fingerprint density at radius 1 is 1.35 bits per heavy atom. The number of benzene rings is 1. The predicted octanol–water partition coefficient (Wildman–Crippen LogP) is 3.83. The first-order chi connectivity index (χ1) is 7.99. The van der Waals surface area contributed by atoms with Gasteiger partial charge in [-0.1, -0.05) is 36.8 Å². The van der Waals surface area contributed by atoms with E-state index >= 15 is 0 Å². The Morgan fingerprint density at radius 2 is 2.06 bits per heavy atom. The first-order valence-electron chi connectivity index (χ1n) is 5.01. The summed E-state index contributed by atoms with van der Waals surface area (Å²) in [7, 11) is 0. The van der Waals surface area contributed by atoms with Crippen molar-refractivity contribution < 1.29 is 9.50 Å². The van der Waals surface area contributed by atoms with E-state index in [4.69, 9.17) is 11.6 Å². The number of rotatable bonds is 2. The van der Waals surface area contributed by atoms with E-state index in [9.17, 15) is 9.50 Å². The second kappa shape index (κ2) is 4.58. The molecule has 2 aromatic rings. The molecule has 0 unspecified atom stereocenters. The molecule has 1 aromatic heterocycles. The van der Waals surface area contributed by atoms with Crippen molar-refractivity contribution in [3.05, 3.63) is 28.0 Å². The minimum absolute atomic E-state index is 0.0997. The van der Waals surface area contributed by atoms with Crippen LogP contribution in [0.25, 0.3) is 10.6 Å². The fourth-order valence-electron chi connectivity index (χ4n) is 1.28. The molecule has 0 aliphatic carbocycles. The lowest BCUT2D eigenvalue weighted by Crippen LogP contribution is -1.85. The fourth-order valence-corrected chi connectivity index (χ4v) is 2.30. The molecule has 0 saturated heterocycles. The van der Waals surface area contributed by atoms with E-state index in [2.05, 4.69) is 10.2 Å². The standard InChI is InChI=1S/C11H10ClFN2OS/c1-5(2)10-14-15-11(17-10)6-3-7(12)9(16)4-8(6)13/h3-5,16H,1-2H3. The second-order valence-electron chi connectivity index (χ2n) is 3.88. The van der Waals surface area contributed by atoms with Crippen LogP contribution in [0.15, 0.2) is 12.1 Å². The van der Waals surface area contributed by atoms with Crippen LogP contribution in [0.4, 0.5) is 4.39 Å². The third kappa shape index (κ3) is 2.40. The van der Waals surface area contributed by atoms with Crippen molar-refractivity contribution in [2.45, 2.75) is 19.8 Å². The third-order valence-electron chi connectivity index (χ3n) is 2.20. The molecule has 0 fully saturated rings. The fraction of sp³-hybridized carbons (Fsp3) is 0.273. The quantitative estimate of drug-likeness (QED) is 0.904. The highest BCUT2D eigenvalue weighted by Gasteiger charge is 2.15. The van der Waals surface area contributed by atoms with Gasteiger partial charge < -0.3 is 5.11 Å². The summed E-state index contributed by atoms with van der Waals surface area (Å²) in [6.45, 7) is 3.98. The Kier molecular flexibility index (Phi) is 3.31. The van der Waals surface area contributed by atoms with Gasteiger partial charge in [-0.05, 0) is 6.07 Å². The van der Waals surface area contributed by atoms with Gasteiger partial charge in [0.05, 0.1) is 5.02 Å². The van der Waals surface area contributed by atoms with E-state index in [1.807, 2.05) is 13.8 Å². The number of nitrogens with zero attached hydrogens (tertiary/aromatic N) is 2. The van der Waals surface area contributed by atoms with Gasteiger partial charge in [0.15, 0.2) is 5.01 Å². The summed E-state index contributed by atoms with van der Waals surface area (Å²) >= 11 is 7.07. The van der Waals surface area contributed by atoms with Crippen LogP contribution in [0.1, 0.15) is 24.8 Å². The van der Waals surface area contributed by atoms with E-state index in [1.165, 1.54) is 17.4 Å². The van der Waals surface area contributed by atoms with Crippen molar-refractivity contribution in [1.82, 2.24) is 10.2 Å². The number of hydrogen-bond donors (Lipinski definition) is 1. The molecule has 0 radical (unpaired) electrons. The second-order valence-corrected chi connectivity index (χ2v) is 5.30. The van der Waals surface area contributed by atoms with Crippen LogP contribution in [0, 0.1) is 5.82 Å². The maximum atomic E-state index is 13.6. The van der Waals surface area contributed by atoms with Crippen LogP contribution in [-0.4, -0.2) is 15.3 Å². The summed E-state index contributed by atoms with van der Waals surface area (Å²) in [6.07, 6.45) is 0.